The van der Waals surface area contributed by atoms with Crippen LogP contribution in [0.15, 0.2) is 34.9 Å². The third-order valence-electron chi connectivity index (χ3n) is 4.52. The molecule has 1 aromatic carbocycles. The first-order valence-electron chi connectivity index (χ1n) is 9.21. The van der Waals surface area contributed by atoms with Crippen LogP contribution in [0.2, 0.25) is 0 Å². The lowest BCUT2D eigenvalue weighted by molar-refractivity contribution is -0.134. The number of hydrogen-bond acceptors (Lipinski definition) is 6. The number of nitrogens with one attached hydrogen (secondary N) is 1. The second-order valence-corrected chi connectivity index (χ2v) is 7.24. The van der Waals surface area contributed by atoms with Gasteiger partial charge in [-0.3, -0.25) is 19.2 Å². The van der Waals surface area contributed by atoms with Crippen molar-refractivity contribution in [3.05, 3.63) is 53.2 Å². The monoisotopic (exact) mass is 402 g/mol. The summed E-state index contributed by atoms with van der Waals surface area (Å²) in [4.78, 5) is 48.3. The van der Waals surface area contributed by atoms with Gasteiger partial charge in [0.15, 0.2) is 23.5 Å². The largest absolute Gasteiger partial charge is 0.361 e. The molecule has 0 fully saturated rings. The molecule has 0 aliphatic carbocycles. The van der Waals surface area contributed by atoms with E-state index < -0.39 is 29.5 Å². The van der Waals surface area contributed by atoms with Crippen LogP contribution >= 0.6 is 0 Å². The Labute approximate surface area is 167 Å². The van der Waals surface area contributed by atoms with Crippen LogP contribution in [-0.2, 0) is 20.8 Å². The van der Waals surface area contributed by atoms with Gasteiger partial charge in [0.05, 0.1) is 6.04 Å². The minimum Gasteiger partial charge on any atom is -0.361 e. The lowest BCUT2D eigenvalue weighted by Crippen LogP contribution is -2.45. The molecule has 154 valence electrons. The number of aryl methyl sites for hydroxylation is 1. The Hall–Kier alpha value is -3.16. The number of aldehydes is 1. The maximum atomic E-state index is 13.1. The van der Waals surface area contributed by atoms with Crippen molar-refractivity contribution in [2.45, 2.75) is 39.7 Å². The zero-order valence-electron chi connectivity index (χ0n) is 16.5. The van der Waals surface area contributed by atoms with Crippen molar-refractivity contribution in [2.24, 2.45) is 11.8 Å². The number of hydrogen-bond donors (Lipinski definition) is 1. The Morgan fingerprint density at radius 2 is 1.86 bits per heavy atom. The molecule has 2 atom stereocenters. The van der Waals surface area contributed by atoms with E-state index >= 15 is 0 Å². The molecular weight excluding hydrogens is 379 g/mol. The normalized spacial score (nSPS) is 13.0. The number of halogens is 1. The number of ketones is 2. The van der Waals surface area contributed by atoms with Crippen LogP contribution in [0.1, 0.15) is 42.1 Å². The van der Waals surface area contributed by atoms with E-state index in [1.165, 1.54) is 30.3 Å². The smallest absolute Gasteiger partial charge is 0.274 e. The second kappa shape index (κ2) is 9.86. The van der Waals surface area contributed by atoms with E-state index in [0.717, 1.165) is 0 Å². The van der Waals surface area contributed by atoms with Crippen LogP contribution in [-0.4, -0.2) is 35.0 Å². The van der Waals surface area contributed by atoms with E-state index in [4.69, 9.17) is 4.52 Å². The Bertz CT molecular complexity index is 889. The molecule has 8 heteroatoms. The van der Waals surface area contributed by atoms with Crippen molar-refractivity contribution in [2.75, 3.05) is 0 Å². The van der Waals surface area contributed by atoms with Crippen LogP contribution in [0.25, 0.3) is 0 Å². The van der Waals surface area contributed by atoms with Crippen molar-refractivity contribution in [1.29, 1.82) is 0 Å². The predicted molar refractivity (Wildman–Crippen MR) is 102 cm³/mol. The van der Waals surface area contributed by atoms with E-state index in [9.17, 15) is 23.6 Å². The highest BCUT2D eigenvalue weighted by atomic mass is 19.1. The van der Waals surface area contributed by atoms with Crippen molar-refractivity contribution < 1.29 is 28.1 Å². The summed E-state index contributed by atoms with van der Waals surface area (Å²) in [6.45, 7) is 5.15. The summed E-state index contributed by atoms with van der Waals surface area (Å²) in [7, 11) is 0. The van der Waals surface area contributed by atoms with E-state index in [1.54, 1.807) is 20.8 Å². The van der Waals surface area contributed by atoms with Gasteiger partial charge in [-0.15, -0.1) is 0 Å². The highest BCUT2D eigenvalue weighted by molar-refractivity contribution is 6.26. The number of amides is 1. The van der Waals surface area contributed by atoms with Gasteiger partial charge in [0.25, 0.3) is 5.91 Å². The minimum absolute atomic E-state index is 0.0489. The quantitative estimate of drug-likeness (QED) is 0.483. The molecule has 1 amide bonds. The number of rotatable bonds is 10. The van der Waals surface area contributed by atoms with Crippen molar-refractivity contribution >= 4 is 23.8 Å². The van der Waals surface area contributed by atoms with Crippen LogP contribution in [0.3, 0.4) is 0 Å². The molecule has 0 aliphatic rings. The van der Waals surface area contributed by atoms with Crippen molar-refractivity contribution in [3.8, 4) is 0 Å². The van der Waals surface area contributed by atoms with Crippen LogP contribution < -0.4 is 5.32 Å². The minimum atomic E-state index is -0.891. The zero-order valence-corrected chi connectivity index (χ0v) is 16.5. The van der Waals surface area contributed by atoms with Crippen molar-refractivity contribution in [1.82, 2.24) is 10.5 Å². The fourth-order valence-corrected chi connectivity index (χ4v) is 2.95. The number of Topliss-reactive ketones (excluding diaryl/α,β-unsaturated/α-hetero) is 2. The molecule has 0 aliphatic heterocycles. The summed E-state index contributed by atoms with van der Waals surface area (Å²) < 4.78 is 18.0. The van der Waals surface area contributed by atoms with Crippen LogP contribution in [0, 0.1) is 24.6 Å². The molecule has 1 N–H and O–H groups in total. The summed E-state index contributed by atoms with van der Waals surface area (Å²) in [5.74, 6) is -2.77. The molecular formula is C21H23FN2O5. The molecule has 2 rings (SSSR count). The maximum Gasteiger partial charge on any atom is 0.274 e. The molecule has 1 aromatic heterocycles. The first kappa shape index (κ1) is 22.1. The number of benzene rings is 1. The van der Waals surface area contributed by atoms with Gasteiger partial charge in [0.1, 0.15) is 11.6 Å². The standard InChI is InChI=1S/C21H23FN2O5/c1-12(2)20(23-21(28)17-8-13(3)29-24-17)18(26)10-15(19(27)11-25)9-14-4-6-16(22)7-5-14/h4-8,11-12,15,20H,9-10H2,1-3H3,(H,23,28)/t15-,20+/m1/s1. The Morgan fingerprint density at radius 3 is 2.38 bits per heavy atom. The number of carbonyl (C=O) groups excluding carboxylic acids is 4. The average Bonchev–Trinajstić information content (AvgIpc) is 3.12. The van der Waals surface area contributed by atoms with Gasteiger partial charge in [-0.1, -0.05) is 31.1 Å². The average molecular weight is 402 g/mol. The van der Waals surface area contributed by atoms with E-state index in [0.29, 0.717) is 11.3 Å². The highest BCUT2D eigenvalue weighted by Crippen LogP contribution is 2.18. The van der Waals surface area contributed by atoms with E-state index in [1.807, 2.05) is 0 Å². The molecule has 1 heterocycles. The summed E-state index contributed by atoms with van der Waals surface area (Å²) in [6, 6.07) is 6.08. The Morgan fingerprint density at radius 1 is 1.21 bits per heavy atom. The van der Waals surface area contributed by atoms with Crippen LogP contribution in [0.4, 0.5) is 4.39 Å². The molecule has 0 unspecified atom stereocenters. The number of aromatic nitrogens is 1. The van der Waals surface area contributed by atoms with Gasteiger partial charge in [-0.25, -0.2) is 4.39 Å². The molecule has 0 bridgehead atoms. The first-order valence-corrected chi connectivity index (χ1v) is 9.21. The molecule has 29 heavy (non-hydrogen) atoms. The molecule has 0 spiro atoms. The first-order chi connectivity index (χ1) is 13.7. The fraction of sp³-hybridized carbons (Fsp3) is 0.381. The Kier molecular flexibility index (Phi) is 7.52. The third kappa shape index (κ3) is 6.17. The van der Waals surface area contributed by atoms with E-state index in [2.05, 4.69) is 10.5 Å². The fourth-order valence-electron chi connectivity index (χ4n) is 2.95. The second-order valence-electron chi connectivity index (χ2n) is 7.24. The molecule has 0 saturated heterocycles. The topological polar surface area (TPSA) is 106 Å². The predicted octanol–water partition coefficient (Wildman–Crippen LogP) is 2.46. The Balaban J connectivity index is 2.13. The van der Waals surface area contributed by atoms with Gasteiger partial charge in [-0.05, 0) is 37.0 Å². The summed E-state index contributed by atoms with van der Waals surface area (Å²) >= 11 is 0. The highest BCUT2D eigenvalue weighted by Gasteiger charge is 2.30. The van der Waals surface area contributed by atoms with E-state index in [-0.39, 0.29) is 36.5 Å². The zero-order chi connectivity index (χ0) is 21.6. The summed E-state index contributed by atoms with van der Waals surface area (Å²) in [5, 5.41) is 6.24. The third-order valence-corrected chi connectivity index (χ3v) is 4.52. The lowest BCUT2D eigenvalue weighted by Gasteiger charge is -2.22. The lowest BCUT2D eigenvalue weighted by atomic mass is 9.86. The van der Waals surface area contributed by atoms with Gasteiger partial charge >= 0.3 is 0 Å². The molecule has 7 nitrogen and oxygen atoms in total. The molecule has 0 saturated carbocycles. The van der Waals surface area contributed by atoms with Crippen LogP contribution in [0.5, 0.6) is 0 Å². The summed E-state index contributed by atoms with van der Waals surface area (Å²) in [6.07, 6.45) is 0.0728. The van der Waals surface area contributed by atoms with Gasteiger partial charge in [0, 0.05) is 18.4 Å². The molecule has 2 aromatic rings. The number of nitrogens with zero attached hydrogens (tertiary/aromatic N) is 1. The summed E-state index contributed by atoms with van der Waals surface area (Å²) in [5.41, 5.74) is 0.676. The van der Waals surface area contributed by atoms with Crippen molar-refractivity contribution in [3.63, 3.8) is 0 Å². The van der Waals surface area contributed by atoms with Gasteiger partial charge in [0.2, 0.25) is 0 Å². The van der Waals surface area contributed by atoms with Gasteiger partial charge < -0.3 is 9.84 Å². The maximum absolute atomic E-state index is 13.1. The SMILES string of the molecule is Cc1cc(C(=O)N[C@H](C(=O)C[C@@H](Cc2ccc(F)cc2)C(=O)C=O)C(C)C)no1. The van der Waals surface area contributed by atoms with Gasteiger partial charge in [-0.2, -0.15) is 0 Å². The molecule has 0 radical (unpaired) electrons. The number of carbonyl (C=O) groups is 4.